The summed E-state index contributed by atoms with van der Waals surface area (Å²) in [6.45, 7) is 1.87. The molecular weight excluding hydrogens is 232 g/mol. The number of nitrogens with two attached hydrogens (primary N) is 1. The van der Waals surface area contributed by atoms with Gasteiger partial charge in [-0.2, -0.15) is 0 Å². The Morgan fingerprint density at radius 1 is 1.11 bits per heavy atom. The number of hydrogen-bond acceptors (Lipinski definition) is 6. The molecule has 0 bridgehead atoms. The Kier molecular flexibility index (Phi) is 2.33. The number of nitrogen functional groups attached to an aromatic ring is 1. The summed E-state index contributed by atoms with van der Waals surface area (Å²) in [4.78, 5) is 4.15. The molecule has 0 radical (unpaired) electrons. The van der Waals surface area contributed by atoms with Crippen molar-refractivity contribution in [3.8, 4) is 11.5 Å². The number of fused-ring (bicyclic) bond motifs is 1. The highest BCUT2D eigenvalue weighted by Gasteiger charge is 2.12. The maximum Gasteiger partial charge on any atom is 0.179 e. The van der Waals surface area contributed by atoms with Crippen LogP contribution in [0.15, 0.2) is 35.1 Å². The highest BCUT2D eigenvalue weighted by molar-refractivity contribution is 5.90. The minimum atomic E-state index is 0.494. The molecule has 0 aliphatic rings. The first-order valence-corrected chi connectivity index (χ1v) is 5.36. The Hall–Kier alpha value is -2.63. The van der Waals surface area contributed by atoms with E-state index < -0.39 is 0 Å². The summed E-state index contributed by atoms with van der Waals surface area (Å²) in [7, 11) is 0. The number of nitrogens with zero attached hydrogens (tertiary/aromatic N) is 3. The van der Waals surface area contributed by atoms with Gasteiger partial charge in [-0.1, -0.05) is 0 Å². The average molecular weight is 242 g/mol. The second-order valence-electron chi connectivity index (χ2n) is 3.80. The molecule has 6 nitrogen and oxygen atoms in total. The molecule has 2 heterocycles. The minimum Gasteiger partial charge on any atom is -0.453 e. The number of hydrogen-bond donors (Lipinski definition) is 1. The molecule has 0 atom stereocenters. The van der Waals surface area contributed by atoms with E-state index in [-0.39, 0.29) is 0 Å². The summed E-state index contributed by atoms with van der Waals surface area (Å²) in [5.41, 5.74) is 8.05. The highest BCUT2D eigenvalue weighted by atomic mass is 16.6. The third-order valence-corrected chi connectivity index (χ3v) is 2.59. The Morgan fingerprint density at radius 2 is 1.94 bits per heavy atom. The largest absolute Gasteiger partial charge is 0.453 e. The lowest BCUT2D eigenvalue weighted by Gasteiger charge is -2.07. The molecule has 90 valence electrons. The number of ether oxygens (including phenoxy) is 1. The van der Waals surface area contributed by atoms with Crippen molar-refractivity contribution in [2.75, 3.05) is 5.73 Å². The molecule has 3 aromatic rings. The van der Waals surface area contributed by atoms with Crippen molar-refractivity contribution in [1.29, 1.82) is 0 Å². The zero-order chi connectivity index (χ0) is 12.5. The number of rotatable bonds is 2. The van der Waals surface area contributed by atoms with Crippen LogP contribution in [0.1, 0.15) is 5.69 Å². The maximum absolute atomic E-state index is 5.76. The molecule has 2 aromatic heterocycles. The van der Waals surface area contributed by atoms with Crippen LogP contribution < -0.4 is 10.5 Å². The van der Waals surface area contributed by atoms with Gasteiger partial charge in [-0.3, -0.25) is 4.98 Å². The molecule has 0 saturated carbocycles. The van der Waals surface area contributed by atoms with E-state index in [4.69, 9.17) is 10.5 Å². The van der Waals surface area contributed by atoms with Gasteiger partial charge in [0.2, 0.25) is 0 Å². The summed E-state index contributed by atoms with van der Waals surface area (Å²) in [5.74, 6) is 1.20. The zero-order valence-corrected chi connectivity index (χ0v) is 9.62. The minimum absolute atomic E-state index is 0.494. The molecule has 0 saturated heterocycles. The van der Waals surface area contributed by atoms with Crippen molar-refractivity contribution in [3.05, 3.63) is 36.2 Å². The Bertz CT molecular complexity index is 708. The summed E-state index contributed by atoms with van der Waals surface area (Å²) in [6.07, 6.45) is 1.71. The average Bonchev–Trinajstić information content (AvgIpc) is 2.85. The smallest absolute Gasteiger partial charge is 0.179 e. The summed E-state index contributed by atoms with van der Waals surface area (Å²) in [5, 5.41) is 7.53. The Labute approximate surface area is 102 Å². The summed E-state index contributed by atoms with van der Waals surface area (Å²) in [6, 6.07) is 7.07. The van der Waals surface area contributed by atoms with Gasteiger partial charge in [-0.05, 0) is 41.5 Å². The van der Waals surface area contributed by atoms with E-state index in [1.807, 2.05) is 13.0 Å². The van der Waals surface area contributed by atoms with Gasteiger partial charge in [0, 0.05) is 6.20 Å². The first-order valence-electron chi connectivity index (χ1n) is 5.36. The molecule has 6 heteroatoms. The first-order chi connectivity index (χ1) is 8.75. The van der Waals surface area contributed by atoms with Crippen LogP contribution in [0, 0.1) is 6.92 Å². The van der Waals surface area contributed by atoms with Gasteiger partial charge in [0.25, 0.3) is 0 Å². The molecule has 0 amide bonds. The van der Waals surface area contributed by atoms with Crippen molar-refractivity contribution < 1.29 is 9.37 Å². The fourth-order valence-corrected chi connectivity index (χ4v) is 1.64. The van der Waals surface area contributed by atoms with Crippen molar-refractivity contribution in [2.24, 2.45) is 0 Å². The van der Waals surface area contributed by atoms with Crippen LogP contribution >= 0.6 is 0 Å². The van der Waals surface area contributed by atoms with Crippen LogP contribution in [-0.2, 0) is 0 Å². The van der Waals surface area contributed by atoms with Crippen molar-refractivity contribution in [1.82, 2.24) is 15.3 Å². The van der Waals surface area contributed by atoms with Gasteiger partial charge in [-0.15, -0.1) is 0 Å². The molecule has 18 heavy (non-hydrogen) atoms. The molecule has 2 N–H and O–H groups in total. The number of benzene rings is 1. The van der Waals surface area contributed by atoms with E-state index in [2.05, 4.69) is 19.9 Å². The van der Waals surface area contributed by atoms with Gasteiger partial charge in [-0.25, -0.2) is 4.63 Å². The van der Waals surface area contributed by atoms with Crippen LogP contribution in [-0.4, -0.2) is 15.3 Å². The lowest BCUT2D eigenvalue weighted by Crippen LogP contribution is -1.92. The van der Waals surface area contributed by atoms with E-state index >= 15 is 0 Å². The molecule has 0 aliphatic heterocycles. The molecule has 3 rings (SSSR count). The second kappa shape index (κ2) is 3.99. The van der Waals surface area contributed by atoms with E-state index in [0.29, 0.717) is 28.2 Å². The number of anilines is 1. The molecule has 0 unspecified atom stereocenters. The molecule has 0 spiro atoms. The quantitative estimate of drug-likeness (QED) is 0.694. The number of pyridine rings is 1. The van der Waals surface area contributed by atoms with E-state index in [0.717, 1.165) is 5.69 Å². The Morgan fingerprint density at radius 3 is 2.78 bits per heavy atom. The van der Waals surface area contributed by atoms with Crippen molar-refractivity contribution >= 4 is 16.7 Å². The van der Waals surface area contributed by atoms with Crippen LogP contribution in [0.4, 0.5) is 5.69 Å². The lowest BCUT2D eigenvalue weighted by atomic mass is 10.2. The van der Waals surface area contributed by atoms with Crippen molar-refractivity contribution in [2.45, 2.75) is 6.92 Å². The maximum atomic E-state index is 5.76. The van der Waals surface area contributed by atoms with Gasteiger partial charge >= 0.3 is 0 Å². The standard InChI is InChI=1S/C12H10N4O2/c1-7-9(3-2-6-14-7)17-10-5-4-8(13)11-12(10)16-18-15-11/h2-6H,13H2,1H3. The van der Waals surface area contributed by atoms with E-state index in [9.17, 15) is 0 Å². The van der Waals surface area contributed by atoms with Crippen LogP contribution in [0.3, 0.4) is 0 Å². The fourth-order valence-electron chi connectivity index (χ4n) is 1.64. The highest BCUT2D eigenvalue weighted by Crippen LogP contribution is 2.31. The van der Waals surface area contributed by atoms with E-state index in [1.165, 1.54) is 0 Å². The molecule has 0 aliphatic carbocycles. The predicted octanol–water partition coefficient (Wildman–Crippen LogP) is 2.30. The van der Waals surface area contributed by atoms with Gasteiger partial charge in [0.05, 0.1) is 11.4 Å². The van der Waals surface area contributed by atoms with E-state index in [1.54, 1.807) is 24.4 Å². The zero-order valence-electron chi connectivity index (χ0n) is 9.62. The van der Waals surface area contributed by atoms with Crippen LogP contribution in [0.25, 0.3) is 11.0 Å². The third kappa shape index (κ3) is 1.64. The van der Waals surface area contributed by atoms with Gasteiger partial charge in [0.1, 0.15) is 5.75 Å². The number of aryl methyl sites for hydroxylation is 1. The summed E-state index contributed by atoms with van der Waals surface area (Å²) >= 11 is 0. The Balaban J connectivity index is 2.08. The van der Waals surface area contributed by atoms with Crippen LogP contribution in [0.5, 0.6) is 11.5 Å². The molecule has 1 aromatic carbocycles. The molecule has 0 fully saturated rings. The first kappa shape index (κ1) is 10.5. The normalized spacial score (nSPS) is 10.7. The SMILES string of the molecule is Cc1ncccc1Oc1ccc(N)c2nonc12. The van der Waals surface area contributed by atoms with Crippen LogP contribution in [0.2, 0.25) is 0 Å². The predicted molar refractivity (Wildman–Crippen MR) is 65.3 cm³/mol. The lowest BCUT2D eigenvalue weighted by molar-refractivity contribution is 0.314. The third-order valence-electron chi connectivity index (χ3n) is 2.59. The number of aromatic nitrogens is 3. The molecular formula is C12H10N4O2. The van der Waals surface area contributed by atoms with Crippen molar-refractivity contribution in [3.63, 3.8) is 0 Å². The second-order valence-corrected chi connectivity index (χ2v) is 3.80. The fraction of sp³-hybridized carbons (Fsp3) is 0.0833. The monoisotopic (exact) mass is 242 g/mol. The topological polar surface area (TPSA) is 87.1 Å². The van der Waals surface area contributed by atoms with Gasteiger partial charge in [0.15, 0.2) is 16.8 Å². The summed E-state index contributed by atoms with van der Waals surface area (Å²) < 4.78 is 10.4. The van der Waals surface area contributed by atoms with Gasteiger partial charge < -0.3 is 10.5 Å².